The third-order valence-corrected chi connectivity index (χ3v) is 9.24. The molecule has 1 N–H and O–H groups in total. The van der Waals surface area contributed by atoms with Crippen LogP contribution >= 0.6 is 22.7 Å². The summed E-state index contributed by atoms with van der Waals surface area (Å²) >= 11 is 2.62. The molecule has 44 heavy (non-hydrogen) atoms. The quantitative estimate of drug-likeness (QED) is 0.0803. The van der Waals surface area contributed by atoms with Gasteiger partial charge in [-0.1, -0.05) is 13.8 Å². The number of methoxy groups -OCH3 is 3. The van der Waals surface area contributed by atoms with Gasteiger partial charge >= 0.3 is 11.9 Å². The van der Waals surface area contributed by atoms with E-state index in [2.05, 4.69) is 0 Å². The molecule has 0 aliphatic rings. The van der Waals surface area contributed by atoms with Gasteiger partial charge in [-0.25, -0.2) is 0 Å². The lowest BCUT2D eigenvalue weighted by molar-refractivity contribution is -0.144. The fourth-order valence-corrected chi connectivity index (χ4v) is 6.51. The third-order valence-electron chi connectivity index (χ3n) is 6.97. The highest BCUT2D eigenvalue weighted by atomic mass is 32.1. The van der Waals surface area contributed by atoms with Gasteiger partial charge in [0.15, 0.2) is 34.6 Å². The summed E-state index contributed by atoms with van der Waals surface area (Å²) in [5.74, 6) is -0.942. The van der Waals surface area contributed by atoms with Crippen LogP contribution in [0.1, 0.15) is 52.5 Å². The van der Waals surface area contributed by atoms with E-state index in [0.29, 0.717) is 52.4 Å². The third kappa shape index (κ3) is 7.67. The number of hydrogen-bond acceptors (Lipinski definition) is 11. The Morgan fingerprint density at radius 2 is 1.14 bits per heavy atom. The molecule has 2 atom stereocenters. The van der Waals surface area contributed by atoms with Gasteiger partial charge in [0, 0.05) is 40.8 Å². The molecule has 10 nitrogen and oxygen atoms in total. The van der Waals surface area contributed by atoms with Crippen LogP contribution in [-0.4, -0.2) is 63.2 Å². The molecule has 0 amide bonds. The van der Waals surface area contributed by atoms with Crippen molar-refractivity contribution >= 4 is 66.4 Å². The van der Waals surface area contributed by atoms with Crippen LogP contribution in [0.3, 0.4) is 0 Å². The number of hydrogen-bond donors (Lipinski definition) is 1. The molecule has 4 rings (SSSR count). The van der Waals surface area contributed by atoms with Gasteiger partial charge in [0.1, 0.15) is 0 Å². The number of carbonyl (C=O) groups is 4. The van der Waals surface area contributed by atoms with Gasteiger partial charge in [0.05, 0.1) is 56.1 Å². The number of ether oxygens (including phenoxy) is 5. The zero-order valence-corrected chi connectivity index (χ0v) is 26.7. The van der Waals surface area contributed by atoms with E-state index in [1.54, 1.807) is 32.2 Å². The largest absolute Gasteiger partial charge is 0.493 e. The number of carboxylic acids is 1. The van der Waals surface area contributed by atoms with Crippen molar-refractivity contribution in [3.8, 4) is 23.0 Å². The van der Waals surface area contributed by atoms with E-state index in [4.69, 9.17) is 28.8 Å². The number of carboxylic acid groups (broad SMARTS) is 1. The maximum Gasteiger partial charge on any atom is 0.308 e. The van der Waals surface area contributed by atoms with Gasteiger partial charge in [0.25, 0.3) is 0 Å². The Balaban J connectivity index is 1.37. The molecule has 2 unspecified atom stereocenters. The summed E-state index contributed by atoms with van der Waals surface area (Å²) in [6.07, 6.45) is 0.542. The second-order valence-corrected chi connectivity index (χ2v) is 12.4. The minimum absolute atomic E-state index is 0.0650. The van der Waals surface area contributed by atoms with Crippen molar-refractivity contribution < 1.29 is 48.0 Å². The summed E-state index contributed by atoms with van der Waals surface area (Å²) in [6, 6.07) is 10.8. The van der Waals surface area contributed by atoms with E-state index in [9.17, 15) is 19.2 Å². The molecule has 0 bridgehead atoms. The average molecular weight is 643 g/mol. The predicted molar refractivity (Wildman–Crippen MR) is 168 cm³/mol. The fraction of sp³-hybridized carbons (Fsp3) is 0.375. The Morgan fingerprint density at radius 3 is 1.64 bits per heavy atom. The lowest BCUT2D eigenvalue weighted by Crippen LogP contribution is -2.16. The van der Waals surface area contributed by atoms with E-state index in [0.717, 1.165) is 20.2 Å². The molecule has 12 heteroatoms. The summed E-state index contributed by atoms with van der Waals surface area (Å²) in [7, 11) is 4.39. The van der Waals surface area contributed by atoms with Crippen molar-refractivity contribution in [3.05, 3.63) is 46.2 Å². The van der Waals surface area contributed by atoms with Crippen molar-refractivity contribution in [3.63, 3.8) is 0 Å². The SMILES string of the molecule is COC(=O)C(C)CC(=O)c1cc2cc(OC)c(OCCCOc3cc4cc(C(=O)CC(C)C(=O)O)sc4cc3OC)cc2s1. The van der Waals surface area contributed by atoms with Crippen LogP contribution < -0.4 is 18.9 Å². The molecule has 0 aliphatic carbocycles. The molecule has 2 heterocycles. The van der Waals surface area contributed by atoms with Crippen molar-refractivity contribution in [2.75, 3.05) is 34.5 Å². The highest BCUT2D eigenvalue weighted by molar-refractivity contribution is 7.21. The van der Waals surface area contributed by atoms with Crippen LogP contribution in [0.4, 0.5) is 0 Å². The highest BCUT2D eigenvalue weighted by Gasteiger charge is 2.22. The topological polar surface area (TPSA) is 135 Å². The summed E-state index contributed by atoms with van der Waals surface area (Å²) in [4.78, 5) is 49.2. The second kappa shape index (κ2) is 14.5. The number of esters is 1. The average Bonchev–Trinajstić information content (AvgIpc) is 3.62. The lowest BCUT2D eigenvalue weighted by atomic mass is 10.0. The van der Waals surface area contributed by atoms with E-state index in [-0.39, 0.29) is 24.4 Å². The molecular formula is C32H34O10S2. The van der Waals surface area contributed by atoms with E-state index >= 15 is 0 Å². The van der Waals surface area contributed by atoms with Crippen molar-refractivity contribution in [2.24, 2.45) is 11.8 Å². The molecule has 0 spiro atoms. The molecule has 0 aliphatic heterocycles. The number of Topliss-reactive ketones (excluding diaryl/α,β-unsaturated/α-hetero) is 2. The highest BCUT2D eigenvalue weighted by Crippen LogP contribution is 2.39. The first-order valence-electron chi connectivity index (χ1n) is 13.9. The molecule has 234 valence electrons. The number of thiophene rings is 2. The summed E-state index contributed by atoms with van der Waals surface area (Å²) in [5, 5.41) is 10.8. The minimum atomic E-state index is -1.00. The first kappa shape index (κ1) is 32.7. The van der Waals surface area contributed by atoms with Crippen molar-refractivity contribution in [1.29, 1.82) is 0 Å². The van der Waals surface area contributed by atoms with Gasteiger partial charge in [-0.2, -0.15) is 0 Å². The summed E-state index contributed by atoms with van der Waals surface area (Å²) in [5.41, 5.74) is 0. The van der Waals surface area contributed by atoms with Crippen LogP contribution in [0, 0.1) is 11.8 Å². The zero-order chi connectivity index (χ0) is 32.0. The van der Waals surface area contributed by atoms with Gasteiger partial charge in [-0.3, -0.25) is 19.2 Å². The van der Waals surface area contributed by atoms with Crippen molar-refractivity contribution in [2.45, 2.75) is 33.1 Å². The lowest BCUT2D eigenvalue weighted by Gasteiger charge is -2.13. The summed E-state index contributed by atoms with van der Waals surface area (Å²) in [6.45, 7) is 3.84. The first-order valence-corrected chi connectivity index (χ1v) is 15.5. The van der Waals surface area contributed by atoms with E-state index in [1.807, 2.05) is 18.2 Å². The van der Waals surface area contributed by atoms with Crippen LogP contribution in [0.5, 0.6) is 23.0 Å². The Hall–Kier alpha value is -4.16. The first-order chi connectivity index (χ1) is 21.0. The van der Waals surface area contributed by atoms with Crippen LogP contribution in [-0.2, 0) is 14.3 Å². The Morgan fingerprint density at radius 1 is 0.682 bits per heavy atom. The predicted octanol–water partition coefficient (Wildman–Crippen LogP) is 6.66. The number of carbonyl (C=O) groups excluding carboxylic acids is 3. The van der Waals surface area contributed by atoms with E-state index in [1.165, 1.54) is 43.8 Å². The van der Waals surface area contributed by atoms with Crippen LogP contribution in [0.25, 0.3) is 20.2 Å². The number of fused-ring (bicyclic) bond motifs is 2. The fourth-order valence-electron chi connectivity index (χ4n) is 4.47. The molecule has 2 aromatic carbocycles. The molecule has 4 aromatic rings. The number of ketones is 2. The van der Waals surface area contributed by atoms with Gasteiger partial charge < -0.3 is 28.8 Å². The maximum atomic E-state index is 12.7. The smallest absolute Gasteiger partial charge is 0.308 e. The molecule has 0 fully saturated rings. The Labute approximate surface area is 262 Å². The number of rotatable bonds is 16. The zero-order valence-electron chi connectivity index (χ0n) is 25.1. The molecule has 2 aromatic heterocycles. The number of aliphatic carboxylic acids is 1. The van der Waals surface area contributed by atoms with Crippen molar-refractivity contribution in [1.82, 2.24) is 0 Å². The molecule has 0 radical (unpaired) electrons. The normalized spacial score (nSPS) is 12.5. The molecule has 0 saturated heterocycles. The molecular weight excluding hydrogens is 608 g/mol. The van der Waals surface area contributed by atoms with Gasteiger partial charge in [-0.15, -0.1) is 22.7 Å². The second-order valence-electron chi connectivity index (χ2n) is 10.3. The standard InChI is InChI=1S/C32H34O10S2/c1-17(31(35)36)9-21(33)29-14-20-12-25(24(39-4)15-27(20)43-29)41-7-6-8-42-26-16-28-19(11-23(26)38-3)13-30(44-28)22(34)10-18(2)32(37)40-5/h11-18H,6-10H2,1-5H3,(H,35,36). The monoisotopic (exact) mass is 642 g/mol. The summed E-state index contributed by atoms with van der Waals surface area (Å²) < 4.78 is 29.4. The maximum absolute atomic E-state index is 12.7. The van der Waals surface area contributed by atoms with E-state index < -0.39 is 23.8 Å². The molecule has 0 saturated carbocycles. The van der Waals surface area contributed by atoms with Gasteiger partial charge in [0.2, 0.25) is 0 Å². The Kier molecular flexibility index (Phi) is 10.8. The van der Waals surface area contributed by atoms with Gasteiger partial charge in [-0.05, 0) is 35.0 Å². The van der Waals surface area contributed by atoms with Crippen LogP contribution in [0.2, 0.25) is 0 Å². The minimum Gasteiger partial charge on any atom is -0.493 e. The Bertz CT molecular complexity index is 1690. The number of benzene rings is 2. The van der Waals surface area contributed by atoms with Crippen LogP contribution in [0.15, 0.2) is 36.4 Å².